The molecule has 1 unspecified atom stereocenters. The Kier molecular flexibility index (Phi) is 5.82. The number of aryl methyl sites for hydroxylation is 1. The third-order valence-electron chi connectivity index (χ3n) is 7.71. The van der Waals surface area contributed by atoms with Gasteiger partial charge in [-0.25, -0.2) is 9.78 Å². The van der Waals surface area contributed by atoms with Crippen LogP contribution < -0.4 is 0 Å². The van der Waals surface area contributed by atoms with Gasteiger partial charge in [0.05, 0.1) is 23.1 Å². The highest BCUT2D eigenvalue weighted by Crippen LogP contribution is 2.34. The number of aromatic nitrogens is 3. The van der Waals surface area contributed by atoms with Crippen LogP contribution in [0.4, 0.5) is 0 Å². The highest BCUT2D eigenvalue weighted by molar-refractivity contribution is 5.92. The number of pyridine rings is 1. The molecule has 35 heavy (non-hydrogen) atoms. The number of carboxylic acid groups (broad SMARTS) is 1. The van der Waals surface area contributed by atoms with E-state index in [-0.39, 0.29) is 5.56 Å². The molecule has 0 bridgehead atoms. The Morgan fingerprint density at radius 2 is 1.69 bits per heavy atom. The van der Waals surface area contributed by atoms with Gasteiger partial charge in [-0.2, -0.15) is 0 Å². The molecule has 2 aliphatic rings. The Morgan fingerprint density at radius 1 is 0.914 bits per heavy atom. The molecule has 1 atom stereocenters. The van der Waals surface area contributed by atoms with Crippen molar-refractivity contribution in [1.82, 2.24) is 19.9 Å². The topological polar surface area (TPSA) is 82.1 Å². The summed E-state index contributed by atoms with van der Waals surface area (Å²) in [6, 6.07) is 20.5. The molecule has 6 heteroatoms. The smallest absolute Gasteiger partial charge is 0.335 e. The molecule has 2 aromatic heterocycles. The molecule has 4 aromatic rings. The van der Waals surface area contributed by atoms with Crippen molar-refractivity contribution >= 4 is 17.0 Å². The number of nitrogens with zero attached hydrogens (tertiary/aromatic N) is 3. The zero-order chi connectivity index (χ0) is 23.8. The Labute approximate surface area is 205 Å². The van der Waals surface area contributed by atoms with E-state index in [1.807, 2.05) is 0 Å². The van der Waals surface area contributed by atoms with Gasteiger partial charge in [0.15, 0.2) is 0 Å². The minimum atomic E-state index is -0.920. The van der Waals surface area contributed by atoms with Crippen molar-refractivity contribution < 1.29 is 9.90 Å². The second kappa shape index (κ2) is 9.27. The molecular formula is C29H30N4O2. The van der Waals surface area contributed by atoms with E-state index in [0.717, 1.165) is 62.2 Å². The summed E-state index contributed by atoms with van der Waals surface area (Å²) in [5.74, 6) is 0.977. The molecule has 0 saturated carbocycles. The lowest BCUT2D eigenvalue weighted by Gasteiger charge is -2.31. The zero-order valence-electron chi connectivity index (χ0n) is 19.8. The zero-order valence-corrected chi connectivity index (χ0v) is 19.8. The first-order valence-electron chi connectivity index (χ1n) is 12.6. The van der Waals surface area contributed by atoms with Crippen LogP contribution in [0.25, 0.3) is 11.0 Å². The minimum Gasteiger partial charge on any atom is -0.478 e. The van der Waals surface area contributed by atoms with Crippen LogP contribution in [-0.4, -0.2) is 44.0 Å². The van der Waals surface area contributed by atoms with Crippen LogP contribution in [0.1, 0.15) is 69.8 Å². The molecule has 2 N–H and O–H groups in total. The number of benzene rings is 2. The van der Waals surface area contributed by atoms with Gasteiger partial charge in [-0.3, -0.25) is 9.88 Å². The molecule has 6 nitrogen and oxygen atoms in total. The van der Waals surface area contributed by atoms with Crippen LogP contribution in [0.15, 0.2) is 60.7 Å². The van der Waals surface area contributed by atoms with Crippen LogP contribution in [0.3, 0.4) is 0 Å². The van der Waals surface area contributed by atoms with Crippen LogP contribution >= 0.6 is 0 Å². The van der Waals surface area contributed by atoms with E-state index in [9.17, 15) is 9.90 Å². The summed E-state index contributed by atoms with van der Waals surface area (Å²) >= 11 is 0. The van der Waals surface area contributed by atoms with Crippen LogP contribution in [0.2, 0.25) is 0 Å². The van der Waals surface area contributed by atoms with Gasteiger partial charge in [-0.1, -0.05) is 30.3 Å². The number of nitrogens with one attached hydrogen (secondary N) is 1. The first-order chi connectivity index (χ1) is 17.1. The van der Waals surface area contributed by atoms with E-state index in [2.05, 4.69) is 57.3 Å². The number of aromatic amines is 1. The van der Waals surface area contributed by atoms with Gasteiger partial charge in [0.2, 0.25) is 0 Å². The number of H-pyrrole nitrogens is 1. The molecule has 178 valence electrons. The lowest BCUT2D eigenvalue weighted by Crippen LogP contribution is -2.33. The number of fused-ring (bicyclic) bond motifs is 2. The molecule has 6 rings (SSSR count). The number of carbonyl (C=O) groups is 1. The van der Waals surface area contributed by atoms with Gasteiger partial charge in [0.1, 0.15) is 5.82 Å². The van der Waals surface area contributed by atoms with E-state index in [1.165, 1.54) is 28.9 Å². The molecule has 2 aromatic carbocycles. The van der Waals surface area contributed by atoms with Crippen molar-refractivity contribution in [2.75, 3.05) is 13.1 Å². The molecular weight excluding hydrogens is 436 g/mol. The summed E-state index contributed by atoms with van der Waals surface area (Å²) in [5.41, 5.74) is 7.34. The van der Waals surface area contributed by atoms with Gasteiger partial charge in [-0.05, 0) is 86.7 Å². The Hall–Kier alpha value is -3.51. The number of piperidine rings is 1. The summed E-state index contributed by atoms with van der Waals surface area (Å²) in [6.07, 6.45) is 5.60. The third kappa shape index (κ3) is 4.58. The van der Waals surface area contributed by atoms with Crippen molar-refractivity contribution in [2.24, 2.45) is 0 Å². The van der Waals surface area contributed by atoms with Crippen molar-refractivity contribution in [3.63, 3.8) is 0 Å². The molecule has 0 amide bonds. The number of rotatable bonds is 5. The van der Waals surface area contributed by atoms with Crippen LogP contribution in [0, 0.1) is 0 Å². The van der Waals surface area contributed by atoms with Gasteiger partial charge in [0.25, 0.3) is 0 Å². The van der Waals surface area contributed by atoms with E-state index in [4.69, 9.17) is 4.98 Å². The second-order valence-corrected chi connectivity index (χ2v) is 9.97. The number of likely N-dealkylation sites (tertiary alicyclic amines) is 1. The lowest BCUT2D eigenvalue weighted by molar-refractivity contribution is 0.0697. The SMILES string of the molecule is O=C(O)c1ccc2nc(CN3CCC(c4cccc(C5CCc6ccccc6C5)n4)CC3)[nH]c2c1. The fraction of sp³-hybridized carbons (Fsp3) is 0.345. The number of aromatic carboxylic acids is 1. The molecule has 1 aliphatic carbocycles. The Morgan fingerprint density at radius 3 is 2.49 bits per heavy atom. The summed E-state index contributed by atoms with van der Waals surface area (Å²) in [6.45, 7) is 2.76. The largest absolute Gasteiger partial charge is 0.478 e. The molecule has 1 saturated heterocycles. The van der Waals surface area contributed by atoms with Crippen LogP contribution in [-0.2, 0) is 19.4 Å². The normalized spacial score (nSPS) is 19.0. The first kappa shape index (κ1) is 22.0. The number of carboxylic acids is 1. The summed E-state index contributed by atoms with van der Waals surface area (Å²) in [5, 5.41) is 9.21. The monoisotopic (exact) mass is 466 g/mol. The quantitative estimate of drug-likeness (QED) is 0.417. The minimum absolute atomic E-state index is 0.278. The van der Waals surface area contributed by atoms with Crippen molar-refractivity contribution in [2.45, 2.75) is 50.5 Å². The fourth-order valence-corrected chi connectivity index (χ4v) is 5.74. The van der Waals surface area contributed by atoms with E-state index >= 15 is 0 Å². The number of hydrogen-bond donors (Lipinski definition) is 2. The average Bonchev–Trinajstić information content (AvgIpc) is 3.30. The third-order valence-corrected chi connectivity index (χ3v) is 7.71. The van der Waals surface area contributed by atoms with Crippen LogP contribution in [0.5, 0.6) is 0 Å². The maximum Gasteiger partial charge on any atom is 0.335 e. The number of hydrogen-bond acceptors (Lipinski definition) is 4. The molecule has 3 heterocycles. The summed E-state index contributed by atoms with van der Waals surface area (Å²) in [4.78, 5) is 26.8. The lowest BCUT2D eigenvalue weighted by atomic mass is 9.82. The van der Waals surface area contributed by atoms with E-state index in [0.29, 0.717) is 11.8 Å². The average molecular weight is 467 g/mol. The maximum atomic E-state index is 11.2. The van der Waals surface area contributed by atoms with E-state index in [1.54, 1.807) is 18.2 Å². The molecule has 0 spiro atoms. The predicted molar refractivity (Wildman–Crippen MR) is 136 cm³/mol. The predicted octanol–water partition coefficient (Wildman–Crippen LogP) is 5.31. The summed E-state index contributed by atoms with van der Waals surface area (Å²) in [7, 11) is 0. The van der Waals surface area contributed by atoms with Crippen molar-refractivity contribution in [3.05, 3.63) is 94.6 Å². The van der Waals surface area contributed by atoms with Gasteiger partial charge in [-0.15, -0.1) is 0 Å². The fourth-order valence-electron chi connectivity index (χ4n) is 5.74. The summed E-state index contributed by atoms with van der Waals surface area (Å²) < 4.78 is 0. The van der Waals surface area contributed by atoms with Gasteiger partial charge in [0, 0.05) is 23.2 Å². The second-order valence-electron chi connectivity index (χ2n) is 9.97. The highest BCUT2D eigenvalue weighted by atomic mass is 16.4. The standard InChI is InChI=1S/C29H30N4O2/c34-29(35)23-10-11-26-27(17-23)32-28(31-26)18-33-14-12-20(13-15-33)24-6-3-7-25(30-24)22-9-8-19-4-1-2-5-21(19)16-22/h1-7,10-11,17,20,22H,8-9,12-16,18H2,(H,31,32)(H,34,35). The maximum absolute atomic E-state index is 11.2. The molecule has 1 fully saturated rings. The molecule has 0 radical (unpaired) electrons. The Bertz CT molecular complexity index is 1370. The number of imidazole rings is 1. The van der Waals surface area contributed by atoms with Gasteiger partial charge >= 0.3 is 5.97 Å². The van der Waals surface area contributed by atoms with Crippen molar-refractivity contribution in [1.29, 1.82) is 0 Å². The first-order valence-corrected chi connectivity index (χ1v) is 12.6. The molecule has 1 aliphatic heterocycles. The Balaban J connectivity index is 1.09. The van der Waals surface area contributed by atoms with E-state index < -0.39 is 5.97 Å². The van der Waals surface area contributed by atoms with Crippen molar-refractivity contribution in [3.8, 4) is 0 Å². The van der Waals surface area contributed by atoms with Gasteiger partial charge < -0.3 is 10.1 Å². The highest BCUT2D eigenvalue weighted by Gasteiger charge is 2.25.